The minimum Gasteiger partial charge on any atom is -0.495 e. The van der Waals surface area contributed by atoms with Crippen LogP contribution in [0.4, 0.5) is 0 Å². The maximum Gasteiger partial charge on any atom is 0.244 e. The summed E-state index contributed by atoms with van der Waals surface area (Å²) in [5, 5.41) is 0. The van der Waals surface area contributed by atoms with Gasteiger partial charge in [0.1, 0.15) is 16.4 Å². The van der Waals surface area contributed by atoms with Gasteiger partial charge in [-0.1, -0.05) is 28.1 Å². The average Bonchev–Trinajstić information content (AvgIpc) is 2.56. The molecule has 2 aromatic carbocycles. The molecule has 0 unspecified atom stereocenters. The first-order valence-electron chi connectivity index (χ1n) is 7.51. The molecule has 0 aliphatic heterocycles. The lowest BCUT2D eigenvalue weighted by atomic mass is 10.1. The van der Waals surface area contributed by atoms with E-state index in [0.29, 0.717) is 29.8 Å². The highest BCUT2D eigenvalue weighted by Gasteiger charge is 2.19. The van der Waals surface area contributed by atoms with E-state index < -0.39 is 10.0 Å². The first-order valence-corrected chi connectivity index (χ1v) is 9.79. The van der Waals surface area contributed by atoms with Crippen molar-refractivity contribution in [1.29, 1.82) is 0 Å². The van der Waals surface area contributed by atoms with Gasteiger partial charge < -0.3 is 9.47 Å². The van der Waals surface area contributed by atoms with Gasteiger partial charge in [0, 0.05) is 11.0 Å². The summed E-state index contributed by atoms with van der Waals surface area (Å²) in [5.74, 6) is 1.12. The molecule has 1 N–H and O–H groups in total. The molecule has 24 heavy (non-hydrogen) atoms. The molecule has 0 fully saturated rings. The van der Waals surface area contributed by atoms with E-state index >= 15 is 0 Å². The lowest BCUT2D eigenvalue weighted by Gasteiger charge is -2.11. The number of halogens is 1. The second kappa shape index (κ2) is 8.50. The standard InChI is InChI=1S/C17H20BrNO4S/c1-3-23-15-7-4-13(5-8-15)10-11-19-24(20,21)17-12-14(18)6-9-16(17)22-2/h4-9,12,19H,3,10-11H2,1-2H3. The van der Waals surface area contributed by atoms with Crippen molar-refractivity contribution in [2.75, 3.05) is 20.3 Å². The Labute approximate surface area is 151 Å². The molecule has 0 radical (unpaired) electrons. The smallest absolute Gasteiger partial charge is 0.244 e. The van der Waals surface area contributed by atoms with Crippen LogP contribution in [-0.4, -0.2) is 28.7 Å². The van der Waals surface area contributed by atoms with E-state index in [9.17, 15) is 8.42 Å². The Hall–Kier alpha value is -1.57. The van der Waals surface area contributed by atoms with Gasteiger partial charge in [-0.2, -0.15) is 0 Å². The highest BCUT2D eigenvalue weighted by atomic mass is 79.9. The van der Waals surface area contributed by atoms with Gasteiger partial charge >= 0.3 is 0 Å². The number of hydrogen-bond acceptors (Lipinski definition) is 4. The van der Waals surface area contributed by atoms with Crippen molar-refractivity contribution in [1.82, 2.24) is 4.72 Å². The zero-order chi connectivity index (χ0) is 17.6. The summed E-state index contributed by atoms with van der Waals surface area (Å²) < 4.78 is 38.7. The van der Waals surface area contributed by atoms with Crippen LogP contribution in [0.3, 0.4) is 0 Å². The molecule has 5 nitrogen and oxygen atoms in total. The number of nitrogens with one attached hydrogen (secondary N) is 1. The van der Waals surface area contributed by atoms with Crippen molar-refractivity contribution in [3.63, 3.8) is 0 Å². The number of hydrogen-bond donors (Lipinski definition) is 1. The number of sulfonamides is 1. The fourth-order valence-corrected chi connectivity index (χ4v) is 3.92. The second-order valence-corrected chi connectivity index (χ2v) is 7.67. The number of ether oxygens (including phenoxy) is 2. The van der Waals surface area contributed by atoms with Crippen molar-refractivity contribution in [3.05, 3.63) is 52.5 Å². The van der Waals surface area contributed by atoms with E-state index in [0.717, 1.165) is 11.3 Å². The average molecular weight is 414 g/mol. The van der Waals surface area contributed by atoms with Gasteiger partial charge in [-0.3, -0.25) is 0 Å². The Bertz CT molecular complexity index is 776. The quantitative estimate of drug-likeness (QED) is 0.720. The second-order valence-electron chi connectivity index (χ2n) is 5.02. The van der Waals surface area contributed by atoms with Crippen LogP contribution < -0.4 is 14.2 Å². The van der Waals surface area contributed by atoms with Crippen LogP contribution in [0.2, 0.25) is 0 Å². The summed E-state index contributed by atoms with van der Waals surface area (Å²) in [6.45, 7) is 2.85. The molecule has 0 saturated heterocycles. The van der Waals surface area contributed by atoms with Gasteiger partial charge in [0.2, 0.25) is 10.0 Å². The maximum atomic E-state index is 12.5. The zero-order valence-corrected chi connectivity index (χ0v) is 16.0. The van der Waals surface area contributed by atoms with Crippen LogP contribution in [0.1, 0.15) is 12.5 Å². The van der Waals surface area contributed by atoms with E-state index in [2.05, 4.69) is 20.7 Å². The first-order chi connectivity index (χ1) is 11.5. The number of benzene rings is 2. The molecule has 130 valence electrons. The van der Waals surface area contributed by atoms with E-state index in [1.165, 1.54) is 13.2 Å². The molecule has 0 amide bonds. The van der Waals surface area contributed by atoms with Crippen molar-refractivity contribution in [2.24, 2.45) is 0 Å². The van der Waals surface area contributed by atoms with Gasteiger partial charge in [-0.15, -0.1) is 0 Å². The largest absolute Gasteiger partial charge is 0.495 e. The van der Waals surface area contributed by atoms with Crippen LogP contribution in [0.25, 0.3) is 0 Å². The third-order valence-electron chi connectivity index (χ3n) is 3.36. The zero-order valence-electron chi connectivity index (χ0n) is 13.6. The molecular weight excluding hydrogens is 394 g/mol. The third kappa shape index (κ3) is 4.96. The molecule has 0 aromatic heterocycles. The summed E-state index contributed by atoms with van der Waals surface area (Å²) in [6, 6.07) is 12.5. The molecule has 0 aliphatic carbocycles. The fraction of sp³-hybridized carbons (Fsp3) is 0.294. The summed E-state index contributed by atoms with van der Waals surface area (Å²) in [4.78, 5) is 0.117. The van der Waals surface area contributed by atoms with Crippen LogP contribution in [0.5, 0.6) is 11.5 Å². The van der Waals surface area contributed by atoms with Crippen LogP contribution >= 0.6 is 15.9 Å². The minimum absolute atomic E-state index is 0.117. The Morgan fingerprint density at radius 3 is 2.46 bits per heavy atom. The van der Waals surface area contributed by atoms with Gasteiger partial charge in [-0.05, 0) is 49.2 Å². The van der Waals surface area contributed by atoms with E-state index in [1.807, 2.05) is 31.2 Å². The van der Waals surface area contributed by atoms with Crippen LogP contribution in [0.15, 0.2) is 51.8 Å². The molecule has 0 bridgehead atoms. The highest BCUT2D eigenvalue weighted by molar-refractivity contribution is 9.10. The lowest BCUT2D eigenvalue weighted by Crippen LogP contribution is -2.26. The maximum absolute atomic E-state index is 12.5. The van der Waals surface area contributed by atoms with Crippen molar-refractivity contribution in [3.8, 4) is 11.5 Å². The molecule has 0 saturated carbocycles. The van der Waals surface area contributed by atoms with E-state index in [1.54, 1.807) is 12.1 Å². The molecule has 2 aromatic rings. The summed E-state index contributed by atoms with van der Waals surface area (Å²) in [5.41, 5.74) is 1.03. The van der Waals surface area contributed by atoms with Gasteiger partial charge in [0.15, 0.2) is 0 Å². The first kappa shape index (κ1) is 18.8. The van der Waals surface area contributed by atoms with Crippen LogP contribution in [0, 0.1) is 0 Å². The molecule has 2 rings (SSSR count). The summed E-state index contributed by atoms with van der Waals surface area (Å²) in [6.07, 6.45) is 0.585. The Morgan fingerprint density at radius 1 is 1.12 bits per heavy atom. The predicted octanol–water partition coefficient (Wildman–Crippen LogP) is 3.38. The SMILES string of the molecule is CCOc1ccc(CCNS(=O)(=O)c2cc(Br)ccc2OC)cc1. The van der Waals surface area contributed by atoms with Crippen molar-refractivity contribution >= 4 is 26.0 Å². The summed E-state index contributed by atoms with van der Waals surface area (Å²) in [7, 11) is -2.20. The van der Waals surface area contributed by atoms with Gasteiger partial charge in [-0.25, -0.2) is 13.1 Å². The van der Waals surface area contributed by atoms with Gasteiger partial charge in [0.05, 0.1) is 13.7 Å². The monoisotopic (exact) mass is 413 g/mol. The number of methoxy groups -OCH3 is 1. The van der Waals surface area contributed by atoms with E-state index in [-0.39, 0.29) is 4.90 Å². The van der Waals surface area contributed by atoms with Crippen molar-refractivity contribution in [2.45, 2.75) is 18.2 Å². The fourth-order valence-electron chi connectivity index (χ4n) is 2.19. The Kier molecular flexibility index (Phi) is 6.65. The van der Waals surface area contributed by atoms with Gasteiger partial charge in [0.25, 0.3) is 0 Å². The molecule has 0 heterocycles. The predicted molar refractivity (Wildman–Crippen MR) is 97.2 cm³/mol. The Morgan fingerprint density at radius 2 is 1.83 bits per heavy atom. The molecule has 0 aliphatic rings. The number of rotatable bonds is 8. The summed E-state index contributed by atoms with van der Waals surface area (Å²) >= 11 is 3.28. The minimum atomic E-state index is -3.64. The van der Waals surface area contributed by atoms with E-state index in [4.69, 9.17) is 9.47 Å². The topological polar surface area (TPSA) is 64.6 Å². The third-order valence-corrected chi connectivity index (χ3v) is 5.33. The lowest BCUT2D eigenvalue weighted by molar-refractivity contribution is 0.340. The van der Waals surface area contributed by atoms with Crippen molar-refractivity contribution < 1.29 is 17.9 Å². The molecule has 0 atom stereocenters. The normalized spacial score (nSPS) is 11.3. The molecule has 0 spiro atoms. The molecular formula is C17H20BrNO4S. The van der Waals surface area contributed by atoms with Crippen LogP contribution in [-0.2, 0) is 16.4 Å². The Balaban J connectivity index is 2.01. The highest BCUT2D eigenvalue weighted by Crippen LogP contribution is 2.27. The molecule has 7 heteroatoms.